The van der Waals surface area contributed by atoms with Gasteiger partial charge >= 0.3 is 5.97 Å². The van der Waals surface area contributed by atoms with Crippen LogP contribution in [0.15, 0.2) is 296 Å². The van der Waals surface area contributed by atoms with E-state index < -0.39 is 5.97 Å². The normalized spacial score (nSPS) is 12.8. The van der Waals surface area contributed by atoms with Gasteiger partial charge in [-0.25, -0.2) is 9.79 Å². The average molecular weight is 1030 g/mol. The number of cyclic esters (lactones) is 1. The van der Waals surface area contributed by atoms with Crippen LogP contribution in [0.4, 0.5) is 39.8 Å². The number of rotatable bonds is 9. The smallest absolute Gasteiger partial charge is 0.363 e. The van der Waals surface area contributed by atoms with Crippen LogP contribution in [0.25, 0.3) is 49.2 Å². The van der Waals surface area contributed by atoms with Crippen LogP contribution in [0.5, 0.6) is 0 Å². The van der Waals surface area contributed by atoms with Crippen LogP contribution in [0, 0.1) is 0 Å². The lowest BCUT2D eigenvalue weighted by Crippen LogP contribution is -2.15. The van der Waals surface area contributed by atoms with E-state index in [1.54, 1.807) is 12.2 Å². The number of hydrogen-bond donors (Lipinski definition) is 0. The highest BCUT2D eigenvalue weighted by Crippen LogP contribution is 2.52. The van der Waals surface area contributed by atoms with Crippen LogP contribution in [0.1, 0.15) is 30.9 Å². The Kier molecular flexibility index (Phi) is 16.7. The predicted octanol–water partition coefficient (Wildman–Crippen LogP) is 19.4. The van der Waals surface area contributed by atoms with Crippen LogP contribution in [-0.4, -0.2) is 26.0 Å². The van der Waals surface area contributed by atoms with Crippen LogP contribution in [0.2, 0.25) is 0 Å². The molecular formula is C73H62N4O2. The molecule has 2 aliphatic rings. The van der Waals surface area contributed by atoms with Crippen molar-refractivity contribution in [2.45, 2.75) is 19.8 Å². The summed E-state index contributed by atoms with van der Waals surface area (Å²) in [4.78, 5) is 23.2. The first-order valence-electron chi connectivity index (χ1n) is 26.7. The minimum atomic E-state index is -0.422. The van der Waals surface area contributed by atoms with Gasteiger partial charge in [-0.2, -0.15) is 0 Å². The predicted molar refractivity (Wildman–Crippen MR) is 337 cm³/mol. The zero-order chi connectivity index (χ0) is 54.3. The van der Waals surface area contributed by atoms with E-state index in [2.05, 4.69) is 240 Å². The van der Waals surface area contributed by atoms with E-state index in [1.165, 1.54) is 67.3 Å². The summed E-state index contributed by atoms with van der Waals surface area (Å²) >= 11 is 0. The fourth-order valence-corrected chi connectivity index (χ4v) is 10.0. The number of allylic oxidation sites excluding steroid dienone is 5. The molecule has 0 atom stereocenters. The highest BCUT2D eigenvalue weighted by atomic mass is 16.6. The van der Waals surface area contributed by atoms with Gasteiger partial charge in [-0.1, -0.05) is 218 Å². The molecule has 0 bridgehead atoms. The molecule has 0 fully saturated rings. The van der Waals surface area contributed by atoms with Gasteiger partial charge in [0.1, 0.15) is 0 Å². The summed E-state index contributed by atoms with van der Waals surface area (Å²) in [6.07, 6.45) is 14.5. The Labute approximate surface area is 464 Å². The first-order chi connectivity index (χ1) is 38.9. The van der Waals surface area contributed by atoms with Crippen molar-refractivity contribution in [2.75, 3.05) is 28.8 Å². The van der Waals surface area contributed by atoms with E-state index in [1.807, 2.05) is 80.5 Å². The van der Waals surface area contributed by atoms with Crippen molar-refractivity contribution in [1.82, 2.24) is 0 Å². The Bertz CT molecular complexity index is 3770. The summed E-state index contributed by atoms with van der Waals surface area (Å²) in [6, 6.07) is 87.2. The van der Waals surface area contributed by atoms with E-state index >= 15 is 0 Å². The lowest BCUT2D eigenvalue weighted by molar-refractivity contribution is -0.129. The molecule has 11 aromatic rings. The first kappa shape index (κ1) is 52.4. The van der Waals surface area contributed by atoms with E-state index in [-0.39, 0.29) is 0 Å². The number of aliphatic imine (C=N–C) groups is 1. The summed E-state index contributed by atoms with van der Waals surface area (Å²) < 4.78 is 5.24. The Balaban J connectivity index is 0.000000187. The van der Waals surface area contributed by atoms with E-state index in [4.69, 9.17) is 4.74 Å². The maximum atomic E-state index is 12.0. The molecule has 6 nitrogen and oxygen atoms in total. The third-order valence-electron chi connectivity index (χ3n) is 13.6. The van der Waals surface area contributed by atoms with E-state index in [9.17, 15) is 4.79 Å². The number of esters is 1. The molecule has 386 valence electrons. The molecule has 1 aliphatic heterocycles. The number of anilines is 7. The van der Waals surface area contributed by atoms with Crippen molar-refractivity contribution in [2.24, 2.45) is 4.99 Å². The van der Waals surface area contributed by atoms with E-state index in [0.29, 0.717) is 11.6 Å². The lowest BCUT2D eigenvalue weighted by atomic mass is 9.94. The average Bonchev–Trinajstić information content (AvgIpc) is 4.07. The van der Waals surface area contributed by atoms with Crippen LogP contribution in [-0.2, 0) is 9.53 Å². The monoisotopic (exact) mass is 1030 g/mol. The highest BCUT2D eigenvalue weighted by Gasteiger charge is 2.27. The molecule has 1 aliphatic carbocycles. The fraction of sp³-hybridized carbons (Fsp3) is 0.0685. The van der Waals surface area contributed by atoms with Crippen molar-refractivity contribution in [3.63, 3.8) is 0 Å². The van der Waals surface area contributed by atoms with Gasteiger partial charge in [-0.3, -0.25) is 0 Å². The second-order valence-corrected chi connectivity index (χ2v) is 19.2. The number of ether oxygens (including phenoxy) is 1. The van der Waals surface area contributed by atoms with Gasteiger partial charge in [0, 0.05) is 69.0 Å². The largest absolute Gasteiger partial charge is 0.402 e. The number of para-hydroxylation sites is 2. The van der Waals surface area contributed by atoms with Gasteiger partial charge in [0.15, 0.2) is 5.70 Å². The van der Waals surface area contributed by atoms with Gasteiger partial charge in [0.05, 0.1) is 22.7 Å². The molecule has 0 unspecified atom stereocenters. The number of benzene rings is 11. The number of carbonyl (C=O) groups excluding carboxylic acids is 1. The topological polar surface area (TPSA) is 48.4 Å². The molecule has 6 heteroatoms. The zero-order valence-electron chi connectivity index (χ0n) is 44.9. The van der Waals surface area contributed by atoms with Crippen molar-refractivity contribution in [3.8, 4) is 0 Å². The Morgan fingerprint density at radius 3 is 1.27 bits per heavy atom. The molecule has 0 N–H and O–H groups in total. The second kappa shape index (κ2) is 25.2. The molecule has 0 saturated heterocycles. The molecule has 0 spiro atoms. The van der Waals surface area contributed by atoms with Crippen molar-refractivity contribution in [1.29, 1.82) is 0 Å². The number of fused-ring (bicyclic) bond motifs is 4. The second-order valence-electron chi connectivity index (χ2n) is 19.2. The summed E-state index contributed by atoms with van der Waals surface area (Å²) in [5.74, 6) is -0.0743. The molecule has 0 saturated carbocycles. The summed E-state index contributed by atoms with van der Waals surface area (Å²) in [7, 11) is 3.95. The number of carbonyl (C=O) groups is 1. The Morgan fingerprint density at radius 2 is 0.835 bits per heavy atom. The Hall–Kier alpha value is -10.0. The maximum absolute atomic E-state index is 12.0. The first-order valence-corrected chi connectivity index (χ1v) is 26.7. The molecule has 13 rings (SSSR count). The van der Waals surface area contributed by atoms with E-state index in [0.717, 1.165) is 39.6 Å². The minimum Gasteiger partial charge on any atom is -0.402 e. The van der Waals surface area contributed by atoms with Gasteiger partial charge in [-0.05, 0) is 103 Å². The van der Waals surface area contributed by atoms with Gasteiger partial charge in [0.25, 0.3) is 0 Å². The number of nitrogens with zero attached hydrogens (tertiary/aromatic N) is 4. The molecule has 0 radical (unpaired) electrons. The summed E-state index contributed by atoms with van der Waals surface area (Å²) in [5.41, 5.74) is 9.95. The molecule has 11 aromatic carbocycles. The highest BCUT2D eigenvalue weighted by molar-refractivity contribution is 6.24. The van der Waals surface area contributed by atoms with Gasteiger partial charge in [0.2, 0.25) is 5.90 Å². The fourth-order valence-electron chi connectivity index (χ4n) is 10.0. The molecule has 0 amide bonds. The molecule has 0 aromatic heterocycles. The number of hydrogen-bond acceptors (Lipinski definition) is 6. The molecular weight excluding hydrogens is 965 g/mol. The van der Waals surface area contributed by atoms with Crippen LogP contribution < -0.4 is 14.7 Å². The van der Waals surface area contributed by atoms with Crippen molar-refractivity contribution in [3.05, 3.63) is 303 Å². The SMILES string of the molecule is C1=CCCC=C1.C=CC.CN(C)c1cccc(/C=C2\N=C(c3ccccc3)OC2=O)c1.c1ccc(N(c2cccc3ccccc23)c2c3ccccc3c(N(c3ccccc3)c3cccc4ccccc34)c3ccccc23)cc1. The van der Waals surface area contributed by atoms with Crippen LogP contribution >= 0.6 is 0 Å². The third kappa shape index (κ3) is 11.9. The standard InChI is InChI=1S/C46H32N2.C18H16N2O2.C6H8.C3H6/c1-3-21-35(22-4-1)47(43-31-15-19-33-17-7-9-25-37(33)43)45-39-27-11-13-29-41(39)46(42-30-14-12-28-40(42)45)48(36-23-5-2-6-24-36)44-32-16-20-34-18-8-10-26-38(34)44;1-20(2)15-10-6-7-13(11-15)12-16-18(21)22-17(19-16)14-8-4-3-5-9-14;1-2-4-6-5-3-1;1-3-2/h1-32H;3-12H,1-2H3;1-4H,5-6H2;3H,1H2,2H3/b;16-12-;;. The molecule has 79 heavy (non-hydrogen) atoms. The summed E-state index contributed by atoms with van der Waals surface area (Å²) in [5, 5.41) is 9.59. The Morgan fingerprint density at radius 1 is 0.456 bits per heavy atom. The minimum absolute atomic E-state index is 0.315. The molecule has 1 heterocycles. The summed E-state index contributed by atoms with van der Waals surface area (Å²) in [6.45, 7) is 5.25. The maximum Gasteiger partial charge on any atom is 0.363 e. The third-order valence-corrected chi connectivity index (χ3v) is 13.6. The van der Waals surface area contributed by atoms with Crippen molar-refractivity contribution >= 4 is 101 Å². The van der Waals surface area contributed by atoms with Gasteiger partial charge < -0.3 is 19.4 Å². The lowest BCUT2D eigenvalue weighted by Gasteiger charge is -2.33. The van der Waals surface area contributed by atoms with Gasteiger partial charge in [-0.15, -0.1) is 6.58 Å². The van der Waals surface area contributed by atoms with Crippen LogP contribution in [0.3, 0.4) is 0 Å². The zero-order valence-corrected chi connectivity index (χ0v) is 44.9. The van der Waals surface area contributed by atoms with Crippen molar-refractivity contribution < 1.29 is 9.53 Å². The quantitative estimate of drug-likeness (QED) is 0.0474.